The molecule has 0 saturated heterocycles. The SMILES string of the molecule is O=C(CNC(=O)c1cnn(-c2ccccc2F)c1-n1cccc1)Nc1ccc(F)c(F)c1. The van der Waals surface area contributed by atoms with Gasteiger partial charge in [-0.1, -0.05) is 12.1 Å². The van der Waals surface area contributed by atoms with Crippen LogP contribution in [-0.4, -0.2) is 32.7 Å². The molecule has 2 N–H and O–H groups in total. The summed E-state index contributed by atoms with van der Waals surface area (Å²) in [7, 11) is 0. The van der Waals surface area contributed by atoms with Gasteiger partial charge in [0.05, 0.1) is 12.7 Å². The normalized spacial score (nSPS) is 10.7. The van der Waals surface area contributed by atoms with Gasteiger partial charge >= 0.3 is 0 Å². The Hall–Kier alpha value is -4.34. The molecule has 0 radical (unpaired) electrons. The first-order chi connectivity index (χ1) is 15.4. The van der Waals surface area contributed by atoms with Crippen LogP contribution in [0.2, 0.25) is 0 Å². The monoisotopic (exact) mass is 439 g/mol. The molecule has 32 heavy (non-hydrogen) atoms. The molecule has 162 valence electrons. The number of rotatable bonds is 6. The minimum absolute atomic E-state index is 0.0450. The number of aromatic nitrogens is 3. The van der Waals surface area contributed by atoms with Crippen molar-refractivity contribution < 1.29 is 22.8 Å². The number of hydrogen-bond acceptors (Lipinski definition) is 3. The van der Waals surface area contributed by atoms with Gasteiger partial charge in [-0.25, -0.2) is 17.9 Å². The quantitative estimate of drug-likeness (QED) is 0.483. The summed E-state index contributed by atoms with van der Waals surface area (Å²) in [5.41, 5.74) is 0.292. The van der Waals surface area contributed by atoms with E-state index in [0.29, 0.717) is 0 Å². The maximum Gasteiger partial charge on any atom is 0.257 e. The van der Waals surface area contributed by atoms with E-state index in [2.05, 4.69) is 15.7 Å². The van der Waals surface area contributed by atoms with Crippen LogP contribution in [0, 0.1) is 17.5 Å². The maximum atomic E-state index is 14.3. The topological polar surface area (TPSA) is 81.0 Å². The highest BCUT2D eigenvalue weighted by atomic mass is 19.2. The van der Waals surface area contributed by atoms with E-state index in [1.165, 1.54) is 35.1 Å². The molecule has 2 heterocycles. The van der Waals surface area contributed by atoms with E-state index in [0.717, 1.165) is 12.1 Å². The molecular weight excluding hydrogens is 423 g/mol. The molecule has 0 atom stereocenters. The predicted octanol–water partition coefficient (Wildman–Crippen LogP) is 3.45. The molecule has 0 spiro atoms. The Bertz CT molecular complexity index is 1280. The van der Waals surface area contributed by atoms with Gasteiger partial charge in [-0.05, 0) is 36.4 Å². The average molecular weight is 439 g/mol. The molecule has 0 aliphatic carbocycles. The second-order valence-electron chi connectivity index (χ2n) is 6.70. The zero-order valence-corrected chi connectivity index (χ0v) is 16.4. The van der Waals surface area contributed by atoms with Crippen molar-refractivity contribution in [1.29, 1.82) is 0 Å². The van der Waals surface area contributed by atoms with Crippen molar-refractivity contribution in [3.05, 3.63) is 96.2 Å². The zero-order chi connectivity index (χ0) is 22.7. The molecule has 0 aliphatic rings. The van der Waals surface area contributed by atoms with E-state index in [1.54, 1.807) is 35.2 Å². The number of anilines is 1. The van der Waals surface area contributed by atoms with E-state index >= 15 is 0 Å². The first-order valence-electron chi connectivity index (χ1n) is 9.43. The van der Waals surface area contributed by atoms with Crippen LogP contribution < -0.4 is 10.6 Å². The number of hydrogen-bond donors (Lipinski definition) is 2. The number of para-hydroxylation sites is 1. The highest BCUT2D eigenvalue weighted by Crippen LogP contribution is 2.21. The summed E-state index contributed by atoms with van der Waals surface area (Å²) in [5, 5.41) is 8.96. The van der Waals surface area contributed by atoms with Crippen LogP contribution in [0.3, 0.4) is 0 Å². The highest BCUT2D eigenvalue weighted by Gasteiger charge is 2.21. The lowest BCUT2D eigenvalue weighted by Crippen LogP contribution is -2.33. The highest BCUT2D eigenvalue weighted by molar-refractivity contribution is 6.01. The van der Waals surface area contributed by atoms with Crippen LogP contribution in [0.25, 0.3) is 11.5 Å². The summed E-state index contributed by atoms with van der Waals surface area (Å²) in [4.78, 5) is 24.9. The molecule has 0 unspecified atom stereocenters. The minimum Gasteiger partial charge on any atom is -0.343 e. The third kappa shape index (κ3) is 4.24. The van der Waals surface area contributed by atoms with Crippen LogP contribution in [0.15, 0.2) is 73.2 Å². The van der Waals surface area contributed by atoms with Gasteiger partial charge in [0.2, 0.25) is 5.91 Å². The van der Waals surface area contributed by atoms with Crippen LogP contribution in [0.5, 0.6) is 0 Å². The summed E-state index contributed by atoms with van der Waals surface area (Å²) in [6.07, 6.45) is 4.60. The van der Waals surface area contributed by atoms with Crippen molar-refractivity contribution in [2.75, 3.05) is 11.9 Å². The second-order valence-corrected chi connectivity index (χ2v) is 6.70. The Morgan fingerprint density at radius 2 is 1.66 bits per heavy atom. The fourth-order valence-corrected chi connectivity index (χ4v) is 3.06. The van der Waals surface area contributed by atoms with Crippen molar-refractivity contribution in [2.24, 2.45) is 0 Å². The van der Waals surface area contributed by atoms with Gasteiger partial charge in [0, 0.05) is 24.1 Å². The largest absolute Gasteiger partial charge is 0.343 e. The van der Waals surface area contributed by atoms with Gasteiger partial charge in [0.25, 0.3) is 5.91 Å². The Balaban J connectivity index is 1.54. The summed E-state index contributed by atoms with van der Waals surface area (Å²) < 4.78 is 43.5. The van der Waals surface area contributed by atoms with Gasteiger partial charge in [-0.3, -0.25) is 9.59 Å². The van der Waals surface area contributed by atoms with Gasteiger partial charge in [0.1, 0.15) is 17.1 Å². The molecule has 2 aromatic heterocycles. The molecule has 0 saturated carbocycles. The molecule has 4 rings (SSSR count). The lowest BCUT2D eigenvalue weighted by Gasteiger charge is -2.12. The fourth-order valence-electron chi connectivity index (χ4n) is 3.06. The molecular formula is C22H16F3N5O2. The average Bonchev–Trinajstić information content (AvgIpc) is 3.44. The number of nitrogens with one attached hydrogen (secondary N) is 2. The van der Waals surface area contributed by atoms with Gasteiger partial charge < -0.3 is 15.2 Å². The van der Waals surface area contributed by atoms with Crippen LogP contribution in [0.1, 0.15) is 10.4 Å². The van der Waals surface area contributed by atoms with Gasteiger partial charge in [-0.2, -0.15) is 5.10 Å². The summed E-state index contributed by atoms with van der Waals surface area (Å²) in [6.45, 7) is -0.437. The van der Waals surface area contributed by atoms with Crippen molar-refractivity contribution in [1.82, 2.24) is 19.7 Å². The summed E-state index contributed by atoms with van der Waals surface area (Å²) in [6, 6.07) is 12.3. The van der Waals surface area contributed by atoms with Crippen LogP contribution in [-0.2, 0) is 4.79 Å². The van der Waals surface area contributed by atoms with Gasteiger partial charge in [-0.15, -0.1) is 0 Å². The Morgan fingerprint density at radius 3 is 2.38 bits per heavy atom. The smallest absolute Gasteiger partial charge is 0.257 e. The van der Waals surface area contributed by atoms with Crippen LogP contribution in [0.4, 0.5) is 18.9 Å². The first-order valence-corrected chi connectivity index (χ1v) is 9.43. The molecule has 0 bridgehead atoms. The van der Waals surface area contributed by atoms with Gasteiger partial charge in [0.15, 0.2) is 17.5 Å². The molecule has 0 aliphatic heterocycles. The summed E-state index contributed by atoms with van der Waals surface area (Å²) in [5.74, 6) is -3.67. The fraction of sp³-hybridized carbons (Fsp3) is 0.0455. The van der Waals surface area contributed by atoms with E-state index in [1.807, 2.05) is 0 Å². The van der Waals surface area contributed by atoms with Crippen molar-refractivity contribution >= 4 is 17.5 Å². The van der Waals surface area contributed by atoms with Crippen molar-refractivity contribution in [2.45, 2.75) is 0 Å². The number of carbonyl (C=O) groups is 2. The van der Waals surface area contributed by atoms with Crippen molar-refractivity contribution in [3.8, 4) is 11.5 Å². The number of halogens is 3. The van der Waals surface area contributed by atoms with E-state index in [-0.39, 0.29) is 22.8 Å². The van der Waals surface area contributed by atoms with Crippen molar-refractivity contribution in [3.63, 3.8) is 0 Å². The molecule has 0 fully saturated rings. The third-order valence-electron chi connectivity index (χ3n) is 4.53. The number of carbonyl (C=O) groups excluding carboxylic acids is 2. The number of benzene rings is 2. The number of nitrogens with zero attached hydrogens (tertiary/aromatic N) is 3. The standard InChI is InChI=1S/C22H16F3N5O2/c23-16-8-7-14(11-18(16)25)28-20(31)13-26-21(32)15-12-27-30(19-6-2-1-5-17(19)24)22(15)29-9-3-4-10-29/h1-12H,13H2,(H,26,32)(H,28,31). The zero-order valence-electron chi connectivity index (χ0n) is 16.4. The van der Waals surface area contributed by atoms with E-state index < -0.39 is 35.8 Å². The number of amides is 2. The Morgan fingerprint density at radius 1 is 0.906 bits per heavy atom. The summed E-state index contributed by atoms with van der Waals surface area (Å²) >= 11 is 0. The molecule has 10 heteroatoms. The first kappa shape index (κ1) is 20.9. The predicted molar refractivity (Wildman–Crippen MR) is 110 cm³/mol. The maximum absolute atomic E-state index is 14.3. The second kappa shape index (κ2) is 8.80. The Kier molecular flexibility index (Phi) is 5.75. The van der Waals surface area contributed by atoms with E-state index in [9.17, 15) is 22.8 Å². The molecule has 7 nitrogen and oxygen atoms in total. The molecule has 4 aromatic rings. The lowest BCUT2D eigenvalue weighted by atomic mass is 10.2. The minimum atomic E-state index is -1.11. The molecule has 2 aromatic carbocycles. The van der Waals surface area contributed by atoms with Crippen LogP contribution >= 0.6 is 0 Å². The van der Waals surface area contributed by atoms with E-state index in [4.69, 9.17) is 0 Å². The Labute approximate surface area is 180 Å². The molecule has 2 amide bonds. The third-order valence-corrected chi connectivity index (χ3v) is 4.53. The lowest BCUT2D eigenvalue weighted by molar-refractivity contribution is -0.115.